The number of hydrogen-bond donors (Lipinski definition) is 3. The molecule has 0 radical (unpaired) electrons. The number of anilines is 2. The summed E-state index contributed by atoms with van der Waals surface area (Å²) in [4.78, 5) is 22.5. The molecule has 0 amide bonds. The van der Waals surface area contributed by atoms with Gasteiger partial charge in [-0.05, 0) is 42.9 Å². The molecule has 0 aliphatic carbocycles. The van der Waals surface area contributed by atoms with Gasteiger partial charge in [0.2, 0.25) is 0 Å². The minimum absolute atomic E-state index is 0.775. The Hall–Kier alpha value is -5.02. The number of benzene rings is 1. The highest BCUT2D eigenvalue weighted by atomic mass is 15.3. The average Bonchev–Trinajstić information content (AvgIpc) is 3.62. The molecule has 9 heteroatoms. The summed E-state index contributed by atoms with van der Waals surface area (Å²) in [6.45, 7) is 8.15. The van der Waals surface area contributed by atoms with Crippen LogP contribution < -0.4 is 10.2 Å². The third-order valence-electron chi connectivity index (χ3n) is 7.44. The van der Waals surface area contributed by atoms with Crippen LogP contribution in [0.25, 0.3) is 50.3 Å². The maximum absolute atomic E-state index is 5.02. The molecule has 40 heavy (non-hydrogen) atoms. The van der Waals surface area contributed by atoms with E-state index in [4.69, 9.17) is 9.97 Å². The standard InChI is InChI=1S/C31H29N9/c1-20(21-6-4-3-5-7-21)34-23-16-22(18-32-19-23)25-8-9-27-29(36-25)30(38-37-27)28-17-24-26(35-28)10-11-33-31(24)40-14-12-39(2)13-15-40/h3-11,16-19,34-35H,1,12-15H2,2H3,(H,37,38). The smallest absolute Gasteiger partial charge is 0.138 e. The Balaban J connectivity index is 1.21. The van der Waals surface area contributed by atoms with Gasteiger partial charge < -0.3 is 20.1 Å². The van der Waals surface area contributed by atoms with E-state index in [1.807, 2.05) is 67.0 Å². The molecular weight excluding hydrogens is 498 g/mol. The quantitative estimate of drug-likeness (QED) is 0.267. The Morgan fingerprint density at radius 2 is 1.80 bits per heavy atom. The molecule has 0 atom stereocenters. The van der Waals surface area contributed by atoms with E-state index in [0.29, 0.717) is 0 Å². The number of pyridine rings is 3. The molecular formula is C31H29N9. The number of aromatic amines is 2. The molecule has 0 spiro atoms. The van der Waals surface area contributed by atoms with Crippen LogP contribution in [0.5, 0.6) is 0 Å². The van der Waals surface area contributed by atoms with Gasteiger partial charge in [0.15, 0.2) is 0 Å². The van der Waals surface area contributed by atoms with Crippen LogP contribution in [0, 0.1) is 0 Å². The van der Waals surface area contributed by atoms with Crippen LogP contribution in [0.4, 0.5) is 11.5 Å². The van der Waals surface area contributed by atoms with E-state index in [2.05, 4.69) is 55.0 Å². The number of nitrogens with one attached hydrogen (secondary N) is 3. The highest BCUT2D eigenvalue weighted by Gasteiger charge is 2.20. The predicted molar refractivity (Wildman–Crippen MR) is 161 cm³/mol. The van der Waals surface area contributed by atoms with Crippen molar-refractivity contribution in [1.29, 1.82) is 0 Å². The largest absolute Gasteiger partial charge is 0.354 e. The minimum Gasteiger partial charge on any atom is -0.354 e. The monoisotopic (exact) mass is 527 g/mol. The molecule has 9 nitrogen and oxygen atoms in total. The van der Waals surface area contributed by atoms with E-state index >= 15 is 0 Å². The van der Waals surface area contributed by atoms with Gasteiger partial charge in [-0.3, -0.25) is 10.1 Å². The molecule has 6 heterocycles. The number of likely N-dealkylation sites (N-methyl/N-ethyl adjacent to an activating group) is 1. The third-order valence-corrected chi connectivity index (χ3v) is 7.44. The number of rotatable bonds is 6. The van der Waals surface area contributed by atoms with E-state index in [-0.39, 0.29) is 0 Å². The lowest BCUT2D eigenvalue weighted by atomic mass is 10.1. The minimum atomic E-state index is 0.775. The van der Waals surface area contributed by atoms with Gasteiger partial charge >= 0.3 is 0 Å². The third kappa shape index (κ3) is 4.46. The lowest BCUT2D eigenvalue weighted by Crippen LogP contribution is -2.44. The molecule has 1 fully saturated rings. The molecule has 1 saturated heterocycles. The number of piperazine rings is 1. The molecule has 5 aromatic heterocycles. The van der Waals surface area contributed by atoms with Gasteiger partial charge in [0.05, 0.1) is 34.3 Å². The molecule has 0 saturated carbocycles. The highest BCUT2D eigenvalue weighted by molar-refractivity contribution is 5.98. The molecule has 1 aliphatic rings. The molecule has 1 aliphatic heterocycles. The van der Waals surface area contributed by atoms with Crippen LogP contribution in [0.15, 0.2) is 85.8 Å². The van der Waals surface area contributed by atoms with Gasteiger partial charge in [0.1, 0.15) is 17.0 Å². The molecule has 6 aromatic rings. The first-order valence-electron chi connectivity index (χ1n) is 13.4. The van der Waals surface area contributed by atoms with Crippen LogP contribution >= 0.6 is 0 Å². The summed E-state index contributed by atoms with van der Waals surface area (Å²) in [6, 6.07) is 20.2. The van der Waals surface area contributed by atoms with Gasteiger partial charge in [-0.1, -0.05) is 36.9 Å². The maximum atomic E-state index is 5.02. The number of fused-ring (bicyclic) bond motifs is 2. The first-order chi connectivity index (χ1) is 19.6. The molecule has 198 valence electrons. The Labute approximate surface area is 231 Å². The zero-order chi connectivity index (χ0) is 27.1. The highest BCUT2D eigenvalue weighted by Crippen LogP contribution is 2.33. The fourth-order valence-corrected chi connectivity index (χ4v) is 5.22. The van der Waals surface area contributed by atoms with Crippen molar-refractivity contribution in [3.05, 3.63) is 91.4 Å². The summed E-state index contributed by atoms with van der Waals surface area (Å²) in [5.41, 5.74) is 8.78. The van der Waals surface area contributed by atoms with Crippen LogP contribution in [-0.4, -0.2) is 68.3 Å². The van der Waals surface area contributed by atoms with Crippen molar-refractivity contribution in [1.82, 2.24) is 35.0 Å². The van der Waals surface area contributed by atoms with Gasteiger partial charge in [0.25, 0.3) is 0 Å². The maximum Gasteiger partial charge on any atom is 0.138 e. The summed E-state index contributed by atoms with van der Waals surface area (Å²) in [5, 5.41) is 12.2. The summed E-state index contributed by atoms with van der Waals surface area (Å²) in [7, 11) is 2.16. The Morgan fingerprint density at radius 1 is 0.950 bits per heavy atom. The zero-order valence-corrected chi connectivity index (χ0v) is 22.2. The van der Waals surface area contributed by atoms with Crippen molar-refractivity contribution < 1.29 is 0 Å². The molecule has 3 N–H and O–H groups in total. The fourth-order valence-electron chi connectivity index (χ4n) is 5.22. The van der Waals surface area contributed by atoms with E-state index in [1.165, 1.54) is 0 Å². The molecule has 0 unspecified atom stereocenters. The van der Waals surface area contributed by atoms with Gasteiger partial charge in [-0.25, -0.2) is 9.97 Å². The van der Waals surface area contributed by atoms with E-state index in [1.54, 1.807) is 6.20 Å². The van der Waals surface area contributed by atoms with E-state index in [9.17, 15) is 0 Å². The molecule has 7 rings (SSSR count). The first kappa shape index (κ1) is 24.1. The second-order valence-electron chi connectivity index (χ2n) is 10.2. The van der Waals surface area contributed by atoms with Crippen LogP contribution in [-0.2, 0) is 0 Å². The topological polar surface area (TPSA) is 102 Å². The zero-order valence-electron chi connectivity index (χ0n) is 22.2. The van der Waals surface area contributed by atoms with Crippen LogP contribution in [0.3, 0.4) is 0 Å². The van der Waals surface area contributed by atoms with Gasteiger partial charge in [-0.2, -0.15) is 5.10 Å². The van der Waals surface area contributed by atoms with Crippen molar-refractivity contribution in [3.63, 3.8) is 0 Å². The van der Waals surface area contributed by atoms with E-state index < -0.39 is 0 Å². The lowest BCUT2D eigenvalue weighted by Gasteiger charge is -2.33. The van der Waals surface area contributed by atoms with Crippen molar-refractivity contribution >= 4 is 39.1 Å². The molecule has 1 aromatic carbocycles. The fraction of sp³-hybridized carbons (Fsp3) is 0.161. The summed E-state index contributed by atoms with van der Waals surface area (Å²) in [5.74, 6) is 1.01. The van der Waals surface area contributed by atoms with E-state index in [0.717, 1.165) is 93.5 Å². The Bertz CT molecular complexity index is 1830. The number of H-pyrrole nitrogens is 2. The van der Waals surface area contributed by atoms with Gasteiger partial charge in [-0.15, -0.1) is 0 Å². The van der Waals surface area contributed by atoms with Crippen molar-refractivity contribution in [2.75, 3.05) is 43.4 Å². The summed E-state index contributed by atoms with van der Waals surface area (Å²) < 4.78 is 0. The lowest BCUT2D eigenvalue weighted by molar-refractivity contribution is 0.312. The normalized spacial score (nSPS) is 14.2. The average molecular weight is 528 g/mol. The van der Waals surface area contributed by atoms with Crippen molar-refractivity contribution in [2.24, 2.45) is 0 Å². The second kappa shape index (κ2) is 9.94. The first-order valence-corrected chi connectivity index (χ1v) is 13.4. The van der Waals surface area contributed by atoms with Crippen LogP contribution in [0.2, 0.25) is 0 Å². The van der Waals surface area contributed by atoms with Crippen molar-refractivity contribution in [2.45, 2.75) is 0 Å². The number of aromatic nitrogens is 6. The number of hydrogen-bond acceptors (Lipinski definition) is 7. The summed E-state index contributed by atoms with van der Waals surface area (Å²) in [6.07, 6.45) is 5.48. The predicted octanol–water partition coefficient (Wildman–Crippen LogP) is 5.40. The Kier molecular flexibility index (Phi) is 5.98. The second-order valence-corrected chi connectivity index (χ2v) is 10.2. The summed E-state index contributed by atoms with van der Waals surface area (Å²) >= 11 is 0. The van der Waals surface area contributed by atoms with Crippen molar-refractivity contribution in [3.8, 4) is 22.6 Å². The van der Waals surface area contributed by atoms with Gasteiger partial charge in [0, 0.05) is 55.2 Å². The SMILES string of the molecule is C=C(Nc1cncc(-c2ccc3[nH]nc(-c4cc5c(N6CCN(C)CC6)nccc5[nH]4)c3n2)c1)c1ccccc1. The van der Waals surface area contributed by atoms with Crippen LogP contribution in [0.1, 0.15) is 5.56 Å². The Morgan fingerprint density at radius 3 is 2.65 bits per heavy atom. The number of nitrogens with zero attached hydrogens (tertiary/aromatic N) is 6. The molecule has 0 bridgehead atoms.